The van der Waals surface area contributed by atoms with E-state index in [0.29, 0.717) is 0 Å². The largest absolute Gasteiger partial charge is 0.508 e. The van der Waals surface area contributed by atoms with Gasteiger partial charge in [0.25, 0.3) is 0 Å². The van der Waals surface area contributed by atoms with Gasteiger partial charge < -0.3 is 29.9 Å². The fourth-order valence-corrected chi connectivity index (χ4v) is 4.29. The van der Waals surface area contributed by atoms with Crippen LogP contribution in [0.2, 0.25) is 0 Å². The second-order valence-corrected chi connectivity index (χ2v) is 7.70. The molecule has 0 radical (unpaired) electrons. The van der Waals surface area contributed by atoms with Crippen LogP contribution in [0.3, 0.4) is 0 Å². The molecule has 2 aromatic rings. The summed E-state index contributed by atoms with van der Waals surface area (Å²) in [6.45, 7) is 1.37. The predicted molar refractivity (Wildman–Crippen MR) is 115 cm³/mol. The number of fused-ring (bicyclic) bond motifs is 2. The highest BCUT2D eigenvalue weighted by Gasteiger charge is 2.41. The SMILES string of the molecule is COC1=CC(=O)c2c(cc(OC)c([C@@H](C)C3=C(O)c4c(O)cc(O)cc4C(=O)C3=O)c2O)C1=O. The normalized spacial score (nSPS) is 16.1. The van der Waals surface area contributed by atoms with E-state index in [-0.39, 0.29) is 33.8 Å². The minimum atomic E-state index is -1.23. The maximum atomic E-state index is 12.9. The van der Waals surface area contributed by atoms with Gasteiger partial charge in [-0.1, -0.05) is 6.92 Å². The molecule has 10 heteroatoms. The zero-order valence-corrected chi connectivity index (χ0v) is 18.1. The van der Waals surface area contributed by atoms with Gasteiger partial charge in [-0.3, -0.25) is 19.2 Å². The fraction of sp³-hybridized carbons (Fsp3) is 0.167. The summed E-state index contributed by atoms with van der Waals surface area (Å²) in [6, 6.07) is 3.03. The number of ketones is 4. The predicted octanol–water partition coefficient (Wildman–Crippen LogP) is 2.56. The first-order valence-corrected chi connectivity index (χ1v) is 9.90. The first kappa shape index (κ1) is 22.6. The summed E-state index contributed by atoms with van der Waals surface area (Å²) in [5.41, 5.74) is -1.90. The Morgan fingerprint density at radius 3 is 2.06 bits per heavy atom. The Morgan fingerprint density at radius 1 is 0.794 bits per heavy atom. The highest BCUT2D eigenvalue weighted by atomic mass is 16.5. The minimum Gasteiger partial charge on any atom is -0.508 e. The Hall–Kier alpha value is -4.60. The summed E-state index contributed by atoms with van der Waals surface area (Å²) in [7, 11) is 2.44. The van der Waals surface area contributed by atoms with Crippen LogP contribution in [0.15, 0.2) is 35.6 Å². The highest BCUT2D eigenvalue weighted by molar-refractivity contribution is 6.52. The van der Waals surface area contributed by atoms with Gasteiger partial charge in [0.1, 0.15) is 28.8 Å². The number of benzene rings is 2. The zero-order chi connectivity index (χ0) is 25.1. The number of methoxy groups -OCH3 is 2. The second kappa shape index (κ2) is 7.77. The van der Waals surface area contributed by atoms with E-state index in [2.05, 4.69) is 0 Å². The Balaban J connectivity index is 1.98. The van der Waals surface area contributed by atoms with Gasteiger partial charge in [-0.2, -0.15) is 0 Å². The van der Waals surface area contributed by atoms with Crippen molar-refractivity contribution >= 4 is 28.9 Å². The van der Waals surface area contributed by atoms with Gasteiger partial charge in [-0.05, 0) is 12.1 Å². The number of phenolic OH excluding ortho intramolecular Hbond substituents is 3. The number of carbonyl (C=O) groups is 4. The molecule has 4 rings (SSSR count). The Bertz CT molecular complexity index is 1390. The zero-order valence-electron chi connectivity index (χ0n) is 18.1. The van der Waals surface area contributed by atoms with Crippen molar-refractivity contribution in [1.82, 2.24) is 0 Å². The van der Waals surface area contributed by atoms with Gasteiger partial charge in [0, 0.05) is 34.8 Å². The third-order valence-electron chi connectivity index (χ3n) is 5.87. The van der Waals surface area contributed by atoms with Crippen LogP contribution >= 0.6 is 0 Å². The monoisotopic (exact) mass is 466 g/mol. The molecule has 0 spiro atoms. The van der Waals surface area contributed by atoms with E-state index < -0.39 is 63.2 Å². The van der Waals surface area contributed by atoms with E-state index >= 15 is 0 Å². The van der Waals surface area contributed by atoms with Crippen LogP contribution in [0.25, 0.3) is 5.76 Å². The van der Waals surface area contributed by atoms with E-state index in [4.69, 9.17) is 9.47 Å². The summed E-state index contributed by atoms with van der Waals surface area (Å²) in [6.07, 6.45) is 0.915. The summed E-state index contributed by atoms with van der Waals surface area (Å²) >= 11 is 0. The molecular formula is C24H18O10. The van der Waals surface area contributed by atoms with Crippen LogP contribution in [0.5, 0.6) is 23.0 Å². The second-order valence-electron chi connectivity index (χ2n) is 7.70. The lowest BCUT2D eigenvalue weighted by atomic mass is 9.78. The molecule has 0 aromatic heterocycles. The third kappa shape index (κ3) is 3.03. The quantitative estimate of drug-likeness (QED) is 0.492. The molecule has 2 aromatic carbocycles. The molecular weight excluding hydrogens is 448 g/mol. The number of aromatic hydroxyl groups is 3. The molecule has 10 nitrogen and oxygen atoms in total. The number of hydrogen-bond acceptors (Lipinski definition) is 10. The van der Waals surface area contributed by atoms with Crippen molar-refractivity contribution in [3.63, 3.8) is 0 Å². The van der Waals surface area contributed by atoms with Crippen molar-refractivity contribution in [2.24, 2.45) is 0 Å². The molecule has 0 unspecified atom stereocenters. The van der Waals surface area contributed by atoms with Crippen LogP contribution in [0.4, 0.5) is 0 Å². The van der Waals surface area contributed by atoms with Crippen LogP contribution in [0, 0.1) is 0 Å². The highest BCUT2D eigenvalue weighted by Crippen LogP contribution is 2.47. The Kier molecular flexibility index (Phi) is 5.16. The standard InChI is InChI=1S/C24H18O10/c1-8(17-23(31)18-10(21(29)24(17)32)4-9(25)5-12(18)26)16-14(33-2)6-11-19(22(16)30)13(27)7-15(34-3)20(11)28/h4-8,25-26,30-31H,1-3H3/t8-/m1/s1. The lowest BCUT2D eigenvalue weighted by molar-refractivity contribution is -0.112. The summed E-state index contributed by atoms with van der Waals surface area (Å²) in [5, 5.41) is 41.8. The lowest BCUT2D eigenvalue weighted by Crippen LogP contribution is -2.27. The Morgan fingerprint density at radius 2 is 1.44 bits per heavy atom. The van der Waals surface area contributed by atoms with E-state index in [1.165, 1.54) is 27.2 Å². The number of aliphatic hydroxyl groups is 1. The molecule has 174 valence electrons. The average Bonchev–Trinajstić information content (AvgIpc) is 2.78. The number of ether oxygens (including phenoxy) is 2. The number of allylic oxidation sites excluding steroid dienone is 3. The van der Waals surface area contributed by atoms with Crippen LogP contribution in [-0.2, 0) is 9.53 Å². The van der Waals surface area contributed by atoms with E-state index in [9.17, 15) is 39.6 Å². The van der Waals surface area contributed by atoms with Gasteiger partial charge >= 0.3 is 0 Å². The van der Waals surface area contributed by atoms with Crippen molar-refractivity contribution in [2.75, 3.05) is 14.2 Å². The third-order valence-corrected chi connectivity index (χ3v) is 5.87. The molecule has 4 N–H and O–H groups in total. The van der Waals surface area contributed by atoms with Crippen molar-refractivity contribution in [3.8, 4) is 23.0 Å². The lowest BCUT2D eigenvalue weighted by Gasteiger charge is -2.26. The number of rotatable bonds is 4. The smallest absolute Gasteiger partial charge is 0.234 e. The molecule has 0 amide bonds. The maximum absolute atomic E-state index is 12.9. The molecule has 0 bridgehead atoms. The van der Waals surface area contributed by atoms with Gasteiger partial charge in [-0.15, -0.1) is 0 Å². The number of hydrogen-bond donors (Lipinski definition) is 4. The van der Waals surface area contributed by atoms with Crippen molar-refractivity contribution < 1.29 is 49.1 Å². The topological polar surface area (TPSA) is 168 Å². The first-order chi connectivity index (χ1) is 16.0. The molecule has 0 saturated carbocycles. The van der Waals surface area contributed by atoms with Crippen molar-refractivity contribution in [2.45, 2.75) is 12.8 Å². The molecule has 0 heterocycles. The summed E-state index contributed by atoms with van der Waals surface area (Å²) in [4.78, 5) is 50.9. The van der Waals surface area contributed by atoms with Gasteiger partial charge in [-0.25, -0.2) is 0 Å². The number of carbonyl (C=O) groups excluding carboxylic acids is 4. The fourth-order valence-electron chi connectivity index (χ4n) is 4.29. The van der Waals surface area contributed by atoms with Gasteiger partial charge in [0.2, 0.25) is 17.3 Å². The molecule has 0 fully saturated rings. The summed E-state index contributed by atoms with van der Waals surface area (Å²) in [5.74, 6) is -7.75. The van der Waals surface area contributed by atoms with E-state index in [1.54, 1.807) is 0 Å². The Labute approximate surface area is 192 Å². The minimum absolute atomic E-state index is 0.0940. The number of phenols is 3. The number of aliphatic hydroxyl groups excluding tert-OH is 1. The number of Topliss-reactive ketones (excluding diaryl/α,β-unsaturated/α-hetero) is 3. The average molecular weight is 466 g/mol. The van der Waals surface area contributed by atoms with Crippen molar-refractivity contribution in [3.05, 3.63) is 63.4 Å². The molecule has 2 aliphatic carbocycles. The van der Waals surface area contributed by atoms with Gasteiger partial charge in [0.05, 0.1) is 30.9 Å². The first-order valence-electron chi connectivity index (χ1n) is 9.90. The molecule has 2 aliphatic rings. The molecule has 1 atom stereocenters. The van der Waals surface area contributed by atoms with Gasteiger partial charge in [0.15, 0.2) is 11.5 Å². The molecule has 0 aliphatic heterocycles. The van der Waals surface area contributed by atoms with Crippen molar-refractivity contribution in [1.29, 1.82) is 0 Å². The maximum Gasteiger partial charge on any atom is 0.234 e. The molecule has 0 saturated heterocycles. The van der Waals surface area contributed by atoms with E-state index in [0.717, 1.165) is 18.2 Å². The molecule has 34 heavy (non-hydrogen) atoms. The van der Waals surface area contributed by atoms with Crippen LogP contribution in [0.1, 0.15) is 55.0 Å². The van der Waals surface area contributed by atoms with E-state index in [1.807, 2.05) is 0 Å². The van der Waals surface area contributed by atoms with Crippen LogP contribution in [-0.4, -0.2) is 57.8 Å². The summed E-state index contributed by atoms with van der Waals surface area (Å²) < 4.78 is 10.2. The van der Waals surface area contributed by atoms with Crippen LogP contribution < -0.4 is 4.74 Å².